The van der Waals surface area contributed by atoms with Gasteiger partial charge in [0.25, 0.3) is 5.91 Å². The molecule has 2 aromatic carbocycles. The molecule has 0 saturated heterocycles. The highest BCUT2D eigenvalue weighted by molar-refractivity contribution is 6.44. The maximum atomic E-state index is 12.4. The Morgan fingerprint density at radius 1 is 1.08 bits per heavy atom. The molecular weight excluding hydrogens is 302 g/mol. The predicted octanol–water partition coefficient (Wildman–Crippen LogP) is 3.42. The number of aryl methyl sites for hydroxylation is 2. The van der Waals surface area contributed by atoms with Crippen LogP contribution in [-0.2, 0) is 9.59 Å². The highest BCUT2D eigenvalue weighted by atomic mass is 16.2. The van der Waals surface area contributed by atoms with Crippen molar-refractivity contribution in [1.82, 2.24) is 0 Å². The van der Waals surface area contributed by atoms with E-state index in [4.69, 9.17) is 0 Å². The number of anilines is 2. The lowest BCUT2D eigenvalue weighted by molar-refractivity contribution is -0.118. The van der Waals surface area contributed by atoms with Gasteiger partial charge < -0.3 is 5.32 Å². The summed E-state index contributed by atoms with van der Waals surface area (Å²) >= 11 is 0. The third-order valence-electron chi connectivity index (χ3n) is 3.92. The number of benzene rings is 2. The van der Waals surface area contributed by atoms with Gasteiger partial charge in [0, 0.05) is 18.5 Å². The second-order valence-corrected chi connectivity index (χ2v) is 5.86. The highest BCUT2D eigenvalue weighted by Crippen LogP contribution is 2.25. The van der Waals surface area contributed by atoms with Gasteiger partial charge in [-0.3, -0.25) is 9.59 Å². The number of rotatable bonds is 3. The van der Waals surface area contributed by atoms with Crippen molar-refractivity contribution in [2.75, 3.05) is 10.3 Å². The monoisotopic (exact) mass is 321 g/mol. The normalized spacial score (nSPS) is 14.3. The highest BCUT2D eigenvalue weighted by Gasteiger charge is 2.26. The first-order chi connectivity index (χ1) is 11.5. The number of para-hydroxylation sites is 1. The van der Waals surface area contributed by atoms with Crippen molar-refractivity contribution >= 4 is 28.9 Å². The van der Waals surface area contributed by atoms with E-state index >= 15 is 0 Å². The first kappa shape index (κ1) is 15.9. The number of carbonyl (C=O) groups is 2. The minimum Gasteiger partial charge on any atom is -0.321 e. The summed E-state index contributed by atoms with van der Waals surface area (Å²) in [4.78, 5) is 24.7. The van der Waals surface area contributed by atoms with E-state index in [1.54, 1.807) is 0 Å². The molecule has 5 nitrogen and oxygen atoms in total. The third-order valence-corrected chi connectivity index (χ3v) is 3.92. The zero-order chi connectivity index (χ0) is 17.1. The molecular formula is C19H19N3O2. The molecule has 5 heteroatoms. The molecule has 0 bridgehead atoms. The van der Waals surface area contributed by atoms with Crippen LogP contribution in [-0.4, -0.2) is 17.5 Å². The van der Waals surface area contributed by atoms with Gasteiger partial charge in [0.05, 0.1) is 5.69 Å². The quantitative estimate of drug-likeness (QED) is 0.941. The van der Waals surface area contributed by atoms with Crippen LogP contribution in [0.4, 0.5) is 11.4 Å². The van der Waals surface area contributed by atoms with Gasteiger partial charge in [0.15, 0.2) is 0 Å². The zero-order valence-electron chi connectivity index (χ0n) is 13.7. The van der Waals surface area contributed by atoms with E-state index in [1.165, 1.54) is 5.01 Å². The second kappa shape index (κ2) is 6.66. The summed E-state index contributed by atoms with van der Waals surface area (Å²) in [6.07, 6.45) is 0.618. The van der Waals surface area contributed by atoms with E-state index in [9.17, 15) is 9.59 Å². The molecule has 1 aliphatic heterocycles. The van der Waals surface area contributed by atoms with E-state index in [1.807, 2.05) is 62.4 Å². The third kappa shape index (κ3) is 3.35. The number of nitrogens with zero attached hydrogens (tertiary/aromatic N) is 2. The van der Waals surface area contributed by atoms with Crippen LogP contribution in [0.15, 0.2) is 53.6 Å². The largest absolute Gasteiger partial charge is 0.321 e. The summed E-state index contributed by atoms with van der Waals surface area (Å²) in [5.74, 6) is -0.371. The fourth-order valence-corrected chi connectivity index (χ4v) is 2.58. The lowest BCUT2D eigenvalue weighted by Crippen LogP contribution is -2.36. The van der Waals surface area contributed by atoms with Gasteiger partial charge in [-0.15, -0.1) is 0 Å². The molecule has 0 radical (unpaired) electrons. The lowest BCUT2D eigenvalue weighted by atomic mass is 10.1. The van der Waals surface area contributed by atoms with Gasteiger partial charge in [-0.25, -0.2) is 5.01 Å². The summed E-state index contributed by atoms with van der Waals surface area (Å²) in [7, 11) is 0. The van der Waals surface area contributed by atoms with Crippen LogP contribution in [0.3, 0.4) is 0 Å². The van der Waals surface area contributed by atoms with Gasteiger partial charge in [0.1, 0.15) is 5.71 Å². The van der Waals surface area contributed by atoms with E-state index in [0.717, 1.165) is 16.8 Å². The van der Waals surface area contributed by atoms with E-state index in [0.29, 0.717) is 17.8 Å². The molecule has 0 spiro atoms. The van der Waals surface area contributed by atoms with Crippen LogP contribution in [0.2, 0.25) is 0 Å². The Bertz CT molecular complexity index is 813. The first-order valence-electron chi connectivity index (χ1n) is 7.88. The minimum absolute atomic E-state index is 0.0973. The molecule has 2 aromatic rings. The average molecular weight is 321 g/mol. The Kier molecular flexibility index (Phi) is 4.42. The Balaban J connectivity index is 1.88. The molecule has 24 heavy (non-hydrogen) atoms. The van der Waals surface area contributed by atoms with Gasteiger partial charge in [-0.05, 0) is 43.2 Å². The van der Waals surface area contributed by atoms with E-state index in [2.05, 4.69) is 10.4 Å². The Labute approximate surface area is 141 Å². The molecule has 0 unspecified atom stereocenters. The van der Waals surface area contributed by atoms with Crippen molar-refractivity contribution in [3.63, 3.8) is 0 Å². The fraction of sp³-hybridized carbons (Fsp3) is 0.211. The topological polar surface area (TPSA) is 61.8 Å². The van der Waals surface area contributed by atoms with E-state index < -0.39 is 0 Å². The van der Waals surface area contributed by atoms with Crippen molar-refractivity contribution < 1.29 is 9.59 Å². The molecule has 1 N–H and O–H groups in total. The molecule has 122 valence electrons. The van der Waals surface area contributed by atoms with E-state index in [-0.39, 0.29) is 18.2 Å². The molecule has 0 atom stereocenters. The Morgan fingerprint density at radius 2 is 1.83 bits per heavy atom. The average Bonchev–Trinajstić information content (AvgIpc) is 2.58. The summed E-state index contributed by atoms with van der Waals surface area (Å²) in [5, 5.41) is 8.49. The molecule has 3 rings (SSSR count). The standard InChI is InChI=1S/C19H19N3O2/c1-13-8-9-14(2)17(12-13)22-18(23)11-10-16(21-22)19(24)20-15-6-4-3-5-7-15/h3-9,12H,10-11H2,1-2H3,(H,20,24). The fourth-order valence-electron chi connectivity index (χ4n) is 2.58. The number of amides is 2. The molecule has 0 saturated carbocycles. The molecule has 0 fully saturated rings. The molecule has 0 aromatic heterocycles. The number of carbonyl (C=O) groups excluding carboxylic acids is 2. The second-order valence-electron chi connectivity index (χ2n) is 5.86. The van der Waals surface area contributed by atoms with Crippen LogP contribution < -0.4 is 10.3 Å². The van der Waals surface area contributed by atoms with Crippen LogP contribution in [0, 0.1) is 13.8 Å². The summed E-state index contributed by atoms with van der Waals surface area (Å²) in [6.45, 7) is 3.89. The molecule has 2 amide bonds. The molecule has 1 aliphatic rings. The number of nitrogens with one attached hydrogen (secondary N) is 1. The van der Waals surface area contributed by atoms with Crippen molar-refractivity contribution in [2.45, 2.75) is 26.7 Å². The smallest absolute Gasteiger partial charge is 0.271 e. The van der Waals surface area contributed by atoms with Gasteiger partial charge in [-0.2, -0.15) is 5.10 Å². The summed E-state index contributed by atoms with van der Waals surface area (Å²) in [5.41, 5.74) is 3.78. The van der Waals surface area contributed by atoms with Gasteiger partial charge in [-0.1, -0.05) is 30.3 Å². The van der Waals surface area contributed by atoms with Crippen LogP contribution in [0.25, 0.3) is 0 Å². The lowest BCUT2D eigenvalue weighted by Gasteiger charge is -2.24. The van der Waals surface area contributed by atoms with Crippen molar-refractivity contribution in [3.05, 3.63) is 59.7 Å². The maximum absolute atomic E-state index is 12.4. The zero-order valence-corrected chi connectivity index (χ0v) is 13.7. The Hall–Kier alpha value is -2.95. The van der Waals surface area contributed by atoms with Crippen molar-refractivity contribution in [3.8, 4) is 0 Å². The number of hydrogen-bond acceptors (Lipinski definition) is 3. The van der Waals surface area contributed by atoms with Crippen molar-refractivity contribution in [1.29, 1.82) is 0 Å². The van der Waals surface area contributed by atoms with Crippen molar-refractivity contribution in [2.24, 2.45) is 5.10 Å². The molecule has 0 aliphatic carbocycles. The first-order valence-corrected chi connectivity index (χ1v) is 7.88. The SMILES string of the molecule is Cc1ccc(C)c(N2N=C(C(=O)Nc3ccccc3)CCC2=O)c1. The van der Waals surface area contributed by atoms with Gasteiger partial charge in [0.2, 0.25) is 5.91 Å². The van der Waals surface area contributed by atoms with Crippen LogP contribution >= 0.6 is 0 Å². The summed E-state index contributed by atoms with van der Waals surface area (Å²) in [6, 6.07) is 15.1. The van der Waals surface area contributed by atoms with Gasteiger partial charge >= 0.3 is 0 Å². The minimum atomic E-state index is -0.274. The predicted molar refractivity (Wildman–Crippen MR) is 95.1 cm³/mol. The summed E-state index contributed by atoms with van der Waals surface area (Å²) < 4.78 is 0. The van der Waals surface area contributed by atoms with Crippen LogP contribution in [0.5, 0.6) is 0 Å². The maximum Gasteiger partial charge on any atom is 0.271 e. The number of hydrazone groups is 1. The Morgan fingerprint density at radius 3 is 2.58 bits per heavy atom. The molecule has 1 heterocycles. The number of hydrogen-bond donors (Lipinski definition) is 1. The van der Waals surface area contributed by atoms with Crippen LogP contribution in [0.1, 0.15) is 24.0 Å².